The van der Waals surface area contributed by atoms with Gasteiger partial charge in [0.25, 0.3) is 0 Å². The molecule has 0 aromatic rings. The van der Waals surface area contributed by atoms with E-state index in [0.717, 1.165) is 11.1 Å². The van der Waals surface area contributed by atoms with Crippen molar-refractivity contribution in [2.24, 2.45) is 0 Å². The van der Waals surface area contributed by atoms with E-state index in [1.165, 1.54) is 12.2 Å². The molecule has 2 aliphatic rings. The minimum atomic E-state index is -0.316. The molecule has 0 radical (unpaired) electrons. The first-order valence-corrected chi connectivity index (χ1v) is 4.86. The molecule has 80 valence electrons. The summed E-state index contributed by atoms with van der Waals surface area (Å²) in [6.45, 7) is 3.66. The third kappa shape index (κ3) is 1.93. The zero-order chi connectivity index (χ0) is 11.0. The van der Waals surface area contributed by atoms with Crippen molar-refractivity contribution in [3.63, 3.8) is 0 Å². The van der Waals surface area contributed by atoms with E-state index in [2.05, 4.69) is 0 Å². The Morgan fingerprint density at radius 2 is 1.87 bits per heavy atom. The summed E-state index contributed by atoms with van der Waals surface area (Å²) in [5.74, 6) is -0.626. The smallest absolute Gasteiger partial charge is 0.331 e. The van der Waals surface area contributed by atoms with Gasteiger partial charge in [0, 0.05) is 18.6 Å². The molecule has 0 amide bonds. The molecule has 0 saturated heterocycles. The van der Waals surface area contributed by atoms with Gasteiger partial charge in [-0.2, -0.15) is 0 Å². The first-order valence-electron chi connectivity index (χ1n) is 4.86. The molecule has 0 spiro atoms. The molecule has 0 aliphatic carbocycles. The first kappa shape index (κ1) is 9.96. The van der Waals surface area contributed by atoms with E-state index in [0.29, 0.717) is 6.42 Å². The molecule has 0 N–H and O–H groups in total. The summed E-state index contributed by atoms with van der Waals surface area (Å²) in [6.07, 6.45) is 3.06. The molecule has 0 aromatic heterocycles. The lowest BCUT2D eigenvalue weighted by Crippen LogP contribution is -2.15. The largest absolute Gasteiger partial charge is 0.455 e. The van der Waals surface area contributed by atoms with Gasteiger partial charge in [-0.15, -0.1) is 0 Å². The predicted octanol–water partition coefficient (Wildman–Crippen LogP) is 1.12. The maximum atomic E-state index is 11.0. The third-order valence-corrected chi connectivity index (χ3v) is 2.65. The molecule has 4 heteroatoms. The van der Waals surface area contributed by atoms with Crippen molar-refractivity contribution in [1.29, 1.82) is 0 Å². The minimum absolute atomic E-state index is 0.204. The van der Waals surface area contributed by atoms with Gasteiger partial charge in [-0.3, -0.25) is 0 Å². The van der Waals surface area contributed by atoms with Gasteiger partial charge >= 0.3 is 11.9 Å². The normalized spacial score (nSPS) is 29.7. The summed E-state index contributed by atoms with van der Waals surface area (Å²) in [7, 11) is 0. The van der Waals surface area contributed by atoms with Crippen molar-refractivity contribution in [3.05, 3.63) is 23.3 Å². The van der Waals surface area contributed by atoms with Crippen molar-refractivity contribution < 1.29 is 19.1 Å². The highest BCUT2D eigenvalue weighted by Gasteiger charge is 2.29. The highest BCUT2D eigenvalue weighted by atomic mass is 16.6. The maximum absolute atomic E-state index is 11.0. The van der Waals surface area contributed by atoms with E-state index in [1.54, 1.807) is 0 Å². The Balaban J connectivity index is 2.05. The third-order valence-electron chi connectivity index (χ3n) is 2.65. The Bertz CT molecular complexity index is 378. The molecule has 0 fully saturated rings. The summed E-state index contributed by atoms with van der Waals surface area (Å²) < 4.78 is 10.0. The Morgan fingerprint density at radius 3 is 2.33 bits per heavy atom. The lowest BCUT2D eigenvalue weighted by molar-refractivity contribution is -0.140. The molecule has 4 nitrogen and oxygen atoms in total. The van der Waals surface area contributed by atoms with Gasteiger partial charge in [-0.05, 0) is 25.0 Å². The Kier molecular flexibility index (Phi) is 2.34. The number of esters is 2. The Hall–Kier alpha value is -1.58. The molecule has 15 heavy (non-hydrogen) atoms. The molecule has 2 rings (SSSR count). The van der Waals surface area contributed by atoms with Gasteiger partial charge in [0.1, 0.15) is 12.2 Å². The van der Waals surface area contributed by atoms with Crippen LogP contribution in [0.1, 0.15) is 20.3 Å². The molecule has 0 unspecified atom stereocenters. The standard InChI is InChI=1S/C11H12O4/c1-6-3-10(12)15-9(6)4-8-5-11(13)14-7(8)2/h3,5,7,9H,4H2,1-2H3/t7-,9+/m0/s1. The van der Waals surface area contributed by atoms with Gasteiger partial charge in [-0.1, -0.05) is 0 Å². The number of carbonyl (C=O) groups excluding carboxylic acids is 2. The highest BCUT2D eigenvalue weighted by Crippen LogP contribution is 2.26. The number of hydrogen-bond acceptors (Lipinski definition) is 4. The van der Waals surface area contributed by atoms with Crippen molar-refractivity contribution in [3.8, 4) is 0 Å². The number of carbonyl (C=O) groups is 2. The fourth-order valence-electron chi connectivity index (χ4n) is 1.74. The second kappa shape index (κ2) is 3.53. The Labute approximate surface area is 87.5 Å². The van der Waals surface area contributed by atoms with Gasteiger partial charge < -0.3 is 9.47 Å². The van der Waals surface area contributed by atoms with Crippen LogP contribution in [0.5, 0.6) is 0 Å². The number of ether oxygens (including phenoxy) is 2. The second-order valence-corrected chi connectivity index (χ2v) is 3.82. The van der Waals surface area contributed by atoms with Crippen LogP contribution in [0.3, 0.4) is 0 Å². The van der Waals surface area contributed by atoms with Crippen LogP contribution in [0, 0.1) is 0 Å². The topological polar surface area (TPSA) is 52.6 Å². The SMILES string of the molecule is CC1=CC(=O)O[C@@H]1CC1=CC(=O)O[C@H]1C. The van der Waals surface area contributed by atoms with Crippen LogP contribution in [-0.4, -0.2) is 24.1 Å². The molecule has 2 atom stereocenters. The molecule has 0 bridgehead atoms. The van der Waals surface area contributed by atoms with E-state index < -0.39 is 0 Å². The number of hydrogen-bond donors (Lipinski definition) is 0. The van der Waals surface area contributed by atoms with Gasteiger partial charge in [0.05, 0.1) is 0 Å². The monoisotopic (exact) mass is 208 g/mol. The van der Waals surface area contributed by atoms with Crippen LogP contribution in [0.4, 0.5) is 0 Å². The number of cyclic esters (lactones) is 2. The van der Waals surface area contributed by atoms with E-state index in [-0.39, 0.29) is 24.1 Å². The minimum Gasteiger partial charge on any atom is -0.455 e. The van der Waals surface area contributed by atoms with Gasteiger partial charge in [-0.25, -0.2) is 9.59 Å². The van der Waals surface area contributed by atoms with Crippen molar-refractivity contribution in [2.45, 2.75) is 32.5 Å². The maximum Gasteiger partial charge on any atom is 0.331 e. The summed E-state index contributed by atoms with van der Waals surface area (Å²) in [5, 5.41) is 0. The first-order chi connectivity index (χ1) is 7.06. The van der Waals surface area contributed by atoms with E-state index in [1.807, 2.05) is 13.8 Å². The highest BCUT2D eigenvalue weighted by molar-refractivity contribution is 5.87. The molecule has 2 aliphatic heterocycles. The number of rotatable bonds is 2. The summed E-state index contributed by atoms with van der Waals surface area (Å²) in [5.41, 5.74) is 1.78. The quantitative estimate of drug-likeness (QED) is 0.638. The lowest BCUT2D eigenvalue weighted by Gasteiger charge is -2.14. The van der Waals surface area contributed by atoms with Crippen LogP contribution in [0.25, 0.3) is 0 Å². The van der Waals surface area contributed by atoms with Crippen molar-refractivity contribution >= 4 is 11.9 Å². The Morgan fingerprint density at radius 1 is 1.20 bits per heavy atom. The van der Waals surface area contributed by atoms with E-state index >= 15 is 0 Å². The van der Waals surface area contributed by atoms with E-state index in [9.17, 15) is 9.59 Å². The van der Waals surface area contributed by atoms with Crippen LogP contribution in [0.2, 0.25) is 0 Å². The van der Waals surface area contributed by atoms with E-state index in [4.69, 9.17) is 9.47 Å². The fraction of sp³-hybridized carbons (Fsp3) is 0.455. The molecular weight excluding hydrogens is 196 g/mol. The van der Waals surface area contributed by atoms with Crippen LogP contribution >= 0.6 is 0 Å². The van der Waals surface area contributed by atoms with Crippen LogP contribution < -0.4 is 0 Å². The van der Waals surface area contributed by atoms with Crippen LogP contribution in [0.15, 0.2) is 23.3 Å². The van der Waals surface area contributed by atoms with Crippen molar-refractivity contribution in [2.75, 3.05) is 0 Å². The molecule has 0 aromatic carbocycles. The summed E-state index contributed by atoms with van der Waals surface area (Å²) in [6, 6.07) is 0. The zero-order valence-electron chi connectivity index (χ0n) is 8.65. The fourth-order valence-corrected chi connectivity index (χ4v) is 1.74. The zero-order valence-corrected chi connectivity index (χ0v) is 8.65. The van der Waals surface area contributed by atoms with Gasteiger partial charge in [0.2, 0.25) is 0 Å². The average Bonchev–Trinajstić information content (AvgIpc) is 2.58. The van der Waals surface area contributed by atoms with Crippen LogP contribution in [-0.2, 0) is 19.1 Å². The molecule has 0 saturated carbocycles. The summed E-state index contributed by atoms with van der Waals surface area (Å²) in [4.78, 5) is 21.9. The second-order valence-electron chi connectivity index (χ2n) is 3.82. The lowest BCUT2D eigenvalue weighted by atomic mass is 10.0. The molecular formula is C11H12O4. The average molecular weight is 208 g/mol. The predicted molar refractivity (Wildman–Crippen MR) is 51.9 cm³/mol. The molecule has 2 heterocycles. The van der Waals surface area contributed by atoms with Crippen molar-refractivity contribution in [1.82, 2.24) is 0 Å². The van der Waals surface area contributed by atoms with Gasteiger partial charge in [0.15, 0.2) is 0 Å². The summed E-state index contributed by atoms with van der Waals surface area (Å²) >= 11 is 0.